The Morgan fingerprint density at radius 1 is 1.25 bits per heavy atom. The van der Waals surface area contributed by atoms with Gasteiger partial charge in [0.05, 0.1) is 11.7 Å². The summed E-state index contributed by atoms with van der Waals surface area (Å²) in [6, 6.07) is 6.23. The van der Waals surface area contributed by atoms with Gasteiger partial charge in [-0.3, -0.25) is 0 Å². The van der Waals surface area contributed by atoms with Gasteiger partial charge in [0.25, 0.3) is 0 Å². The maximum Gasteiger partial charge on any atom is 0.335 e. The zero-order valence-electron chi connectivity index (χ0n) is 14.6. The number of carboxylic acid groups (broad SMARTS) is 1. The van der Waals surface area contributed by atoms with Gasteiger partial charge in [-0.2, -0.15) is 0 Å². The standard InChI is InChI=1S/C20H29NO3/c1-2-24-18-10-8-17(9-11-18)21-13-16-5-3-4-14-6-7-15(20(22)23)12-19(14)16/h6-7,12,16-18,21H,2-5,8-11,13H2,1H3,(H,22,23). The number of nitrogens with one attached hydrogen (secondary N) is 1. The molecule has 0 heterocycles. The Morgan fingerprint density at radius 2 is 2.04 bits per heavy atom. The van der Waals surface area contributed by atoms with E-state index in [1.54, 1.807) is 6.07 Å². The van der Waals surface area contributed by atoms with Crippen LogP contribution in [0.4, 0.5) is 0 Å². The molecule has 4 heteroatoms. The first-order chi connectivity index (χ1) is 11.7. The summed E-state index contributed by atoms with van der Waals surface area (Å²) in [4.78, 5) is 11.3. The van der Waals surface area contributed by atoms with Gasteiger partial charge in [-0.05, 0) is 81.0 Å². The highest BCUT2D eigenvalue weighted by Gasteiger charge is 2.25. The Bertz CT molecular complexity index is 564. The van der Waals surface area contributed by atoms with Crippen LogP contribution in [0.2, 0.25) is 0 Å². The minimum atomic E-state index is -0.829. The van der Waals surface area contributed by atoms with Gasteiger partial charge in [0.15, 0.2) is 0 Å². The lowest BCUT2D eigenvalue weighted by Gasteiger charge is -2.32. The second-order valence-corrected chi connectivity index (χ2v) is 7.15. The number of benzene rings is 1. The SMILES string of the molecule is CCOC1CCC(NCC2CCCc3ccc(C(=O)O)cc32)CC1. The van der Waals surface area contributed by atoms with Gasteiger partial charge in [-0.1, -0.05) is 6.07 Å². The molecule has 0 aliphatic heterocycles. The van der Waals surface area contributed by atoms with Gasteiger partial charge < -0.3 is 15.2 Å². The highest BCUT2D eigenvalue weighted by atomic mass is 16.5. The van der Waals surface area contributed by atoms with Crippen molar-refractivity contribution in [3.63, 3.8) is 0 Å². The highest BCUT2D eigenvalue weighted by molar-refractivity contribution is 5.88. The van der Waals surface area contributed by atoms with Crippen LogP contribution in [-0.4, -0.2) is 36.4 Å². The normalized spacial score (nSPS) is 26.8. The topological polar surface area (TPSA) is 58.6 Å². The molecule has 2 aliphatic rings. The zero-order valence-corrected chi connectivity index (χ0v) is 14.6. The molecule has 3 rings (SSSR count). The molecular weight excluding hydrogens is 302 g/mol. The molecule has 0 bridgehead atoms. The molecule has 132 valence electrons. The van der Waals surface area contributed by atoms with Crippen LogP contribution in [0.15, 0.2) is 18.2 Å². The van der Waals surface area contributed by atoms with E-state index in [9.17, 15) is 9.90 Å². The summed E-state index contributed by atoms with van der Waals surface area (Å²) in [5.41, 5.74) is 2.99. The van der Waals surface area contributed by atoms with E-state index in [-0.39, 0.29) is 0 Å². The van der Waals surface area contributed by atoms with Crippen LogP contribution in [0.25, 0.3) is 0 Å². The Kier molecular flexibility index (Phi) is 5.90. The van der Waals surface area contributed by atoms with Crippen molar-refractivity contribution < 1.29 is 14.6 Å². The maximum atomic E-state index is 11.3. The molecule has 0 radical (unpaired) electrons. The van der Waals surface area contributed by atoms with Crippen LogP contribution in [0.5, 0.6) is 0 Å². The van der Waals surface area contributed by atoms with Crippen molar-refractivity contribution in [2.75, 3.05) is 13.2 Å². The second kappa shape index (κ2) is 8.13. The van der Waals surface area contributed by atoms with Gasteiger partial charge in [0.2, 0.25) is 0 Å². The molecule has 2 N–H and O–H groups in total. The van der Waals surface area contributed by atoms with Crippen LogP contribution in [0.3, 0.4) is 0 Å². The predicted octanol–water partition coefficient (Wildman–Crippen LogP) is 3.74. The quantitative estimate of drug-likeness (QED) is 0.834. The monoisotopic (exact) mass is 331 g/mol. The molecule has 1 atom stereocenters. The molecule has 24 heavy (non-hydrogen) atoms. The molecule has 0 saturated heterocycles. The summed E-state index contributed by atoms with van der Waals surface area (Å²) in [6.45, 7) is 3.84. The fraction of sp³-hybridized carbons (Fsp3) is 0.650. The number of hydrogen-bond donors (Lipinski definition) is 2. The largest absolute Gasteiger partial charge is 0.478 e. The smallest absolute Gasteiger partial charge is 0.335 e. The van der Waals surface area contributed by atoms with E-state index < -0.39 is 5.97 Å². The zero-order chi connectivity index (χ0) is 16.9. The minimum Gasteiger partial charge on any atom is -0.478 e. The number of fused-ring (bicyclic) bond motifs is 1. The number of aromatic carboxylic acids is 1. The predicted molar refractivity (Wildman–Crippen MR) is 94.8 cm³/mol. The van der Waals surface area contributed by atoms with E-state index in [0.29, 0.717) is 23.6 Å². The fourth-order valence-electron chi connectivity index (χ4n) is 4.22. The fourth-order valence-corrected chi connectivity index (χ4v) is 4.22. The van der Waals surface area contributed by atoms with Crippen molar-refractivity contribution in [2.45, 2.75) is 69.9 Å². The summed E-state index contributed by atoms with van der Waals surface area (Å²) in [5.74, 6) is -0.387. The van der Waals surface area contributed by atoms with Crippen LogP contribution in [0, 0.1) is 0 Å². The Morgan fingerprint density at radius 3 is 2.75 bits per heavy atom. The van der Waals surface area contributed by atoms with Gasteiger partial charge in [0, 0.05) is 19.2 Å². The van der Waals surface area contributed by atoms with Crippen LogP contribution in [0.1, 0.15) is 72.9 Å². The lowest BCUT2D eigenvalue weighted by Crippen LogP contribution is -2.38. The van der Waals surface area contributed by atoms with E-state index in [1.165, 1.54) is 30.4 Å². The Hall–Kier alpha value is -1.39. The molecular formula is C20H29NO3. The summed E-state index contributed by atoms with van der Waals surface area (Å²) in [6.07, 6.45) is 8.53. The molecule has 2 aliphatic carbocycles. The van der Waals surface area contributed by atoms with Crippen LogP contribution >= 0.6 is 0 Å². The van der Waals surface area contributed by atoms with E-state index in [2.05, 4.69) is 12.2 Å². The van der Waals surface area contributed by atoms with Crippen molar-refractivity contribution in [2.24, 2.45) is 0 Å². The minimum absolute atomic E-state index is 0.415. The van der Waals surface area contributed by atoms with Gasteiger partial charge in [-0.15, -0.1) is 0 Å². The van der Waals surface area contributed by atoms with Crippen molar-refractivity contribution in [3.8, 4) is 0 Å². The maximum absolute atomic E-state index is 11.3. The van der Waals surface area contributed by atoms with Crippen molar-refractivity contribution in [3.05, 3.63) is 34.9 Å². The first-order valence-electron chi connectivity index (χ1n) is 9.38. The Labute approximate surface area is 144 Å². The lowest BCUT2D eigenvalue weighted by atomic mass is 9.81. The number of rotatable bonds is 6. The van der Waals surface area contributed by atoms with Gasteiger partial charge in [0.1, 0.15) is 0 Å². The van der Waals surface area contributed by atoms with Crippen molar-refractivity contribution in [1.29, 1.82) is 0 Å². The van der Waals surface area contributed by atoms with E-state index in [4.69, 9.17) is 4.74 Å². The van der Waals surface area contributed by atoms with E-state index >= 15 is 0 Å². The summed E-state index contributed by atoms with van der Waals surface area (Å²) in [7, 11) is 0. The molecule has 1 aromatic carbocycles. The average Bonchev–Trinajstić information content (AvgIpc) is 2.61. The lowest BCUT2D eigenvalue weighted by molar-refractivity contribution is 0.0303. The summed E-state index contributed by atoms with van der Waals surface area (Å²) >= 11 is 0. The number of ether oxygens (including phenoxy) is 1. The average molecular weight is 331 g/mol. The molecule has 0 spiro atoms. The number of carboxylic acids is 1. The third kappa shape index (κ3) is 4.17. The summed E-state index contributed by atoms with van der Waals surface area (Å²) in [5, 5.41) is 13.0. The molecule has 0 aromatic heterocycles. The first-order valence-corrected chi connectivity index (χ1v) is 9.38. The van der Waals surface area contributed by atoms with Gasteiger partial charge >= 0.3 is 5.97 Å². The molecule has 1 fully saturated rings. The molecule has 1 saturated carbocycles. The second-order valence-electron chi connectivity index (χ2n) is 7.15. The van der Waals surface area contributed by atoms with E-state index in [1.807, 2.05) is 12.1 Å². The third-order valence-electron chi connectivity index (χ3n) is 5.56. The number of carbonyl (C=O) groups is 1. The first kappa shape index (κ1) is 17.4. The van der Waals surface area contributed by atoms with Crippen LogP contribution < -0.4 is 5.32 Å². The van der Waals surface area contributed by atoms with Gasteiger partial charge in [-0.25, -0.2) is 4.79 Å². The molecule has 1 unspecified atom stereocenters. The molecule has 0 amide bonds. The molecule has 4 nitrogen and oxygen atoms in total. The molecule has 1 aromatic rings. The number of hydrogen-bond acceptors (Lipinski definition) is 3. The highest BCUT2D eigenvalue weighted by Crippen LogP contribution is 2.32. The number of aryl methyl sites for hydroxylation is 1. The van der Waals surface area contributed by atoms with Crippen molar-refractivity contribution >= 4 is 5.97 Å². The van der Waals surface area contributed by atoms with Crippen molar-refractivity contribution in [1.82, 2.24) is 5.32 Å². The van der Waals surface area contributed by atoms with Crippen LogP contribution in [-0.2, 0) is 11.2 Å². The van der Waals surface area contributed by atoms with E-state index in [0.717, 1.165) is 38.8 Å². The Balaban J connectivity index is 1.57. The summed E-state index contributed by atoms with van der Waals surface area (Å²) < 4.78 is 5.72. The third-order valence-corrected chi connectivity index (χ3v) is 5.56.